The summed E-state index contributed by atoms with van der Waals surface area (Å²) in [6.07, 6.45) is 6.49. The molecule has 1 aromatic rings. The lowest BCUT2D eigenvalue weighted by Gasteiger charge is -2.21. The Morgan fingerprint density at radius 2 is 1.79 bits per heavy atom. The lowest BCUT2D eigenvalue weighted by atomic mass is 9.98. The van der Waals surface area contributed by atoms with Gasteiger partial charge < -0.3 is 15.8 Å². The van der Waals surface area contributed by atoms with Crippen molar-refractivity contribution in [1.29, 1.82) is 5.41 Å². The van der Waals surface area contributed by atoms with Gasteiger partial charge in [-0.3, -0.25) is 15.0 Å². The number of anilines is 1. The van der Waals surface area contributed by atoms with Crippen LogP contribution in [0, 0.1) is 5.41 Å². The fraction of sp³-hybridized carbons (Fsp3) is 0.500. The predicted octanol–water partition coefficient (Wildman–Crippen LogP) is 2.96. The SMILES string of the molecule is N=C(N)c1ccc(NC(=O)CCCC(=O)OC2CCCCC2)cc1. The number of nitrogens with one attached hydrogen (secondary N) is 2. The molecule has 6 heteroatoms. The Kier molecular flexibility index (Phi) is 6.78. The van der Waals surface area contributed by atoms with Crippen LogP contribution in [0.5, 0.6) is 0 Å². The van der Waals surface area contributed by atoms with Gasteiger partial charge in [0, 0.05) is 24.1 Å². The van der Waals surface area contributed by atoms with Gasteiger partial charge in [0.15, 0.2) is 0 Å². The Morgan fingerprint density at radius 3 is 2.42 bits per heavy atom. The van der Waals surface area contributed by atoms with Gasteiger partial charge in [-0.2, -0.15) is 0 Å². The van der Waals surface area contributed by atoms with Crippen molar-refractivity contribution in [2.45, 2.75) is 57.5 Å². The molecule has 1 aliphatic carbocycles. The molecule has 0 radical (unpaired) electrons. The van der Waals surface area contributed by atoms with Crippen LogP contribution in [0.15, 0.2) is 24.3 Å². The van der Waals surface area contributed by atoms with Crippen molar-refractivity contribution in [1.82, 2.24) is 0 Å². The van der Waals surface area contributed by atoms with E-state index in [1.807, 2.05) is 0 Å². The van der Waals surface area contributed by atoms with E-state index in [-0.39, 0.29) is 36.7 Å². The minimum atomic E-state index is -0.208. The number of nitrogens with two attached hydrogens (primary N) is 1. The molecule has 2 rings (SSSR count). The van der Waals surface area contributed by atoms with Gasteiger partial charge in [-0.05, 0) is 56.4 Å². The summed E-state index contributed by atoms with van der Waals surface area (Å²) in [6, 6.07) is 6.76. The first kappa shape index (κ1) is 18.0. The van der Waals surface area contributed by atoms with Gasteiger partial charge in [-0.1, -0.05) is 6.42 Å². The largest absolute Gasteiger partial charge is 0.462 e. The number of carbonyl (C=O) groups excluding carboxylic acids is 2. The molecule has 0 spiro atoms. The van der Waals surface area contributed by atoms with Gasteiger partial charge in [0.25, 0.3) is 0 Å². The second-order valence-corrected chi connectivity index (χ2v) is 6.14. The Morgan fingerprint density at radius 1 is 1.12 bits per heavy atom. The van der Waals surface area contributed by atoms with Crippen LogP contribution in [0.2, 0.25) is 0 Å². The van der Waals surface area contributed by atoms with Crippen molar-refractivity contribution in [2.75, 3.05) is 5.32 Å². The maximum atomic E-state index is 11.9. The zero-order valence-electron chi connectivity index (χ0n) is 13.8. The van der Waals surface area contributed by atoms with Crippen LogP contribution in [0.3, 0.4) is 0 Å². The lowest BCUT2D eigenvalue weighted by Crippen LogP contribution is -2.21. The summed E-state index contributed by atoms with van der Waals surface area (Å²) in [5.41, 5.74) is 6.64. The van der Waals surface area contributed by atoms with E-state index < -0.39 is 0 Å². The highest BCUT2D eigenvalue weighted by molar-refractivity contribution is 5.96. The summed E-state index contributed by atoms with van der Waals surface area (Å²) in [7, 11) is 0. The zero-order chi connectivity index (χ0) is 17.4. The molecule has 0 unspecified atom stereocenters. The van der Waals surface area contributed by atoms with E-state index in [1.165, 1.54) is 6.42 Å². The molecule has 0 atom stereocenters. The molecule has 0 bridgehead atoms. The molecule has 1 saturated carbocycles. The van der Waals surface area contributed by atoms with Gasteiger partial charge in [0.2, 0.25) is 5.91 Å². The van der Waals surface area contributed by atoms with Crippen LogP contribution in [-0.2, 0) is 14.3 Å². The van der Waals surface area contributed by atoms with Crippen LogP contribution in [0.4, 0.5) is 5.69 Å². The fourth-order valence-electron chi connectivity index (χ4n) is 2.78. The Labute approximate surface area is 142 Å². The zero-order valence-corrected chi connectivity index (χ0v) is 13.8. The van der Waals surface area contributed by atoms with E-state index in [2.05, 4.69) is 5.32 Å². The molecule has 0 heterocycles. The Bertz CT molecular complexity index is 578. The predicted molar refractivity (Wildman–Crippen MR) is 92.9 cm³/mol. The third kappa shape index (κ3) is 6.02. The number of carbonyl (C=O) groups is 2. The molecule has 6 nitrogen and oxygen atoms in total. The monoisotopic (exact) mass is 331 g/mol. The van der Waals surface area contributed by atoms with Gasteiger partial charge in [-0.25, -0.2) is 0 Å². The molecule has 4 N–H and O–H groups in total. The molecule has 1 aromatic carbocycles. The maximum Gasteiger partial charge on any atom is 0.306 e. The third-order valence-electron chi connectivity index (χ3n) is 4.11. The minimum Gasteiger partial charge on any atom is -0.462 e. The van der Waals surface area contributed by atoms with Crippen molar-refractivity contribution in [2.24, 2.45) is 5.73 Å². The first-order chi connectivity index (χ1) is 11.5. The van der Waals surface area contributed by atoms with Gasteiger partial charge >= 0.3 is 5.97 Å². The molecule has 0 aliphatic heterocycles. The van der Waals surface area contributed by atoms with E-state index in [0.717, 1.165) is 25.7 Å². The van der Waals surface area contributed by atoms with E-state index in [1.54, 1.807) is 24.3 Å². The lowest BCUT2D eigenvalue weighted by molar-refractivity contribution is -0.150. The van der Waals surface area contributed by atoms with Crippen LogP contribution in [0.1, 0.15) is 56.9 Å². The maximum absolute atomic E-state index is 11.9. The van der Waals surface area contributed by atoms with Gasteiger partial charge in [-0.15, -0.1) is 0 Å². The second-order valence-electron chi connectivity index (χ2n) is 6.14. The van der Waals surface area contributed by atoms with Crippen molar-refractivity contribution < 1.29 is 14.3 Å². The molecular formula is C18H25N3O3. The summed E-state index contributed by atoms with van der Waals surface area (Å²) < 4.78 is 5.42. The number of nitrogen functional groups attached to an aromatic ring is 1. The van der Waals surface area contributed by atoms with Crippen molar-refractivity contribution in [3.05, 3.63) is 29.8 Å². The van der Waals surface area contributed by atoms with Crippen molar-refractivity contribution in [3.8, 4) is 0 Å². The van der Waals surface area contributed by atoms with E-state index in [9.17, 15) is 9.59 Å². The number of amides is 1. The van der Waals surface area contributed by atoms with E-state index >= 15 is 0 Å². The van der Waals surface area contributed by atoms with Gasteiger partial charge in [0.05, 0.1) is 0 Å². The number of benzene rings is 1. The molecule has 1 aliphatic rings. The molecule has 1 fully saturated rings. The molecule has 0 saturated heterocycles. The molecule has 0 aromatic heterocycles. The number of hydrogen-bond donors (Lipinski definition) is 3. The van der Waals surface area contributed by atoms with Crippen molar-refractivity contribution in [3.63, 3.8) is 0 Å². The minimum absolute atomic E-state index is 0.00986. The Hall–Kier alpha value is -2.37. The summed E-state index contributed by atoms with van der Waals surface area (Å²) in [5, 5.41) is 10.1. The molecular weight excluding hydrogens is 306 g/mol. The quantitative estimate of drug-likeness (QED) is 0.406. The van der Waals surface area contributed by atoms with E-state index in [0.29, 0.717) is 17.7 Å². The number of ether oxygens (including phenoxy) is 1. The van der Waals surface area contributed by atoms with Crippen LogP contribution in [-0.4, -0.2) is 23.8 Å². The second kappa shape index (κ2) is 9.05. The number of hydrogen-bond acceptors (Lipinski definition) is 4. The van der Waals surface area contributed by atoms with Crippen LogP contribution < -0.4 is 11.1 Å². The first-order valence-corrected chi connectivity index (χ1v) is 8.48. The number of esters is 1. The average molecular weight is 331 g/mol. The first-order valence-electron chi connectivity index (χ1n) is 8.48. The summed E-state index contributed by atoms with van der Waals surface area (Å²) in [5.74, 6) is -0.360. The van der Waals surface area contributed by atoms with E-state index in [4.69, 9.17) is 15.9 Å². The number of rotatable bonds is 7. The standard InChI is InChI=1S/C18H25N3O3/c19-18(20)13-9-11-14(12-10-13)21-16(22)7-4-8-17(23)24-15-5-2-1-3-6-15/h9-12,15H,1-8H2,(H3,19,20)(H,21,22). The summed E-state index contributed by atoms with van der Waals surface area (Å²) >= 11 is 0. The highest BCUT2D eigenvalue weighted by atomic mass is 16.5. The molecule has 130 valence electrons. The molecule has 1 amide bonds. The van der Waals surface area contributed by atoms with Gasteiger partial charge in [0.1, 0.15) is 11.9 Å². The number of amidine groups is 1. The van der Waals surface area contributed by atoms with Crippen molar-refractivity contribution >= 4 is 23.4 Å². The topological polar surface area (TPSA) is 105 Å². The fourth-order valence-corrected chi connectivity index (χ4v) is 2.78. The smallest absolute Gasteiger partial charge is 0.306 e. The van der Waals surface area contributed by atoms with Crippen LogP contribution in [0.25, 0.3) is 0 Å². The highest BCUT2D eigenvalue weighted by Gasteiger charge is 2.17. The third-order valence-corrected chi connectivity index (χ3v) is 4.11. The molecule has 24 heavy (non-hydrogen) atoms. The normalized spacial score (nSPS) is 14.8. The summed E-state index contributed by atoms with van der Waals surface area (Å²) in [4.78, 5) is 23.6. The highest BCUT2D eigenvalue weighted by Crippen LogP contribution is 2.21. The average Bonchev–Trinajstić information content (AvgIpc) is 2.56. The van der Waals surface area contributed by atoms with Crippen LogP contribution >= 0.6 is 0 Å². The Balaban J connectivity index is 1.65. The summed E-state index contributed by atoms with van der Waals surface area (Å²) in [6.45, 7) is 0.